The average molecular weight is 440 g/mol. The quantitative estimate of drug-likeness (QED) is 0.355. The molecule has 0 fully saturated rings. The molecule has 5 rings (SSSR count). The molecule has 6 heteroatoms. The van der Waals surface area contributed by atoms with Crippen LogP contribution in [0, 0.1) is 0 Å². The number of para-hydroxylation sites is 1. The molecule has 6 nitrogen and oxygen atoms in total. The molecule has 1 aliphatic heterocycles. The van der Waals surface area contributed by atoms with Crippen LogP contribution >= 0.6 is 0 Å². The highest BCUT2D eigenvalue weighted by atomic mass is 16.5. The number of carbonyl (C=O) groups is 1. The fraction of sp³-hybridized carbons (Fsp3) is 0.222. The lowest BCUT2D eigenvalue weighted by Crippen LogP contribution is -2.30. The maximum atomic E-state index is 13.6. The third-order valence-electron chi connectivity index (χ3n) is 5.86. The number of amides is 1. The van der Waals surface area contributed by atoms with Gasteiger partial charge in [-0.3, -0.25) is 14.5 Å². The van der Waals surface area contributed by atoms with Gasteiger partial charge in [-0.15, -0.1) is 0 Å². The molecule has 1 amide bonds. The number of fused-ring (bicyclic) bond motifs is 2. The molecular formula is C27H24N2O4. The summed E-state index contributed by atoms with van der Waals surface area (Å²) in [5.41, 5.74) is 1.28. The molecule has 3 heterocycles. The molecule has 0 N–H and O–H groups in total. The number of anilines is 1. The van der Waals surface area contributed by atoms with E-state index in [1.165, 1.54) is 4.90 Å². The zero-order chi connectivity index (χ0) is 22.8. The van der Waals surface area contributed by atoms with Gasteiger partial charge >= 0.3 is 0 Å². The Balaban J connectivity index is 1.65. The number of nitrogens with zero attached hydrogens (tertiary/aromatic N) is 2. The van der Waals surface area contributed by atoms with Crippen molar-refractivity contribution in [3.63, 3.8) is 0 Å². The molecule has 0 spiro atoms. The molecule has 0 saturated carbocycles. The van der Waals surface area contributed by atoms with Crippen LogP contribution in [0.3, 0.4) is 0 Å². The van der Waals surface area contributed by atoms with Crippen molar-refractivity contribution in [3.05, 3.63) is 100 Å². The number of pyridine rings is 1. The normalized spacial score (nSPS) is 15.1. The molecule has 1 unspecified atom stereocenters. The van der Waals surface area contributed by atoms with Gasteiger partial charge in [-0.2, -0.15) is 0 Å². The number of ether oxygens (including phenoxy) is 1. The van der Waals surface area contributed by atoms with E-state index in [-0.39, 0.29) is 17.1 Å². The van der Waals surface area contributed by atoms with E-state index in [1.54, 1.807) is 42.6 Å². The summed E-state index contributed by atoms with van der Waals surface area (Å²) in [4.78, 5) is 33.0. The van der Waals surface area contributed by atoms with Crippen LogP contribution in [-0.4, -0.2) is 17.5 Å². The van der Waals surface area contributed by atoms with Crippen LogP contribution in [0.1, 0.15) is 53.9 Å². The highest BCUT2D eigenvalue weighted by Gasteiger charge is 2.44. The number of aromatic nitrogens is 1. The molecule has 0 saturated heterocycles. The number of rotatable bonds is 7. The Morgan fingerprint density at radius 1 is 1.00 bits per heavy atom. The van der Waals surface area contributed by atoms with Crippen LogP contribution in [-0.2, 0) is 0 Å². The Kier molecular flexibility index (Phi) is 5.65. The minimum Gasteiger partial charge on any atom is -0.494 e. The third kappa shape index (κ3) is 3.78. The first-order valence-electron chi connectivity index (χ1n) is 11.2. The van der Waals surface area contributed by atoms with Gasteiger partial charge in [-0.25, -0.2) is 4.98 Å². The summed E-state index contributed by atoms with van der Waals surface area (Å²) in [5, 5.41) is 0.448. The zero-order valence-corrected chi connectivity index (χ0v) is 18.4. The van der Waals surface area contributed by atoms with Gasteiger partial charge in [0.2, 0.25) is 5.76 Å². The summed E-state index contributed by atoms with van der Waals surface area (Å²) in [5.74, 6) is 0.835. The van der Waals surface area contributed by atoms with E-state index in [4.69, 9.17) is 9.15 Å². The Morgan fingerprint density at radius 2 is 1.85 bits per heavy atom. The Bertz CT molecular complexity index is 1360. The van der Waals surface area contributed by atoms with Crippen molar-refractivity contribution in [1.82, 2.24) is 4.98 Å². The van der Waals surface area contributed by atoms with Gasteiger partial charge in [-0.05, 0) is 48.4 Å². The number of carbonyl (C=O) groups excluding carboxylic acids is 1. The summed E-state index contributed by atoms with van der Waals surface area (Å²) >= 11 is 0. The number of unbranched alkanes of at least 4 members (excludes halogenated alkanes) is 2. The molecule has 33 heavy (non-hydrogen) atoms. The smallest absolute Gasteiger partial charge is 0.296 e. The average Bonchev–Trinajstić information content (AvgIpc) is 3.15. The summed E-state index contributed by atoms with van der Waals surface area (Å²) in [7, 11) is 0. The first kappa shape index (κ1) is 20.9. The Hall–Kier alpha value is -3.93. The predicted molar refractivity (Wildman–Crippen MR) is 127 cm³/mol. The highest BCUT2D eigenvalue weighted by Crippen LogP contribution is 2.41. The molecule has 166 valence electrons. The molecule has 4 aromatic rings. The van der Waals surface area contributed by atoms with Crippen molar-refractivity contribution in [1.29, 1.82) is 0 Å². The minimum atomic E-state index is -0.664. The lowest BCUT2D eigenvalue weighted by Gasteiger charge is -2.24. The molecule has 0 radical (unpaired) electrons. The second-order valence-corrected chi connectivity index (χ2v) is 8.06. The van der Waals surface area contributed by atoms with Crippen LogP contribution in [0.5, 0.6) is 5.75 Å². The molecule has 1 aliphatic rings. The number of hydrogen-bond donors (Lipinski definition) is 0. The van der Waals surface area contributed by atoms with Crippen molar-refractivity contribution in [3.8, 4) is 5.75 Å². The maximum Gasteiger partial charge on any atom is 0.296 e. The zero-order valence-electron chi connectivity index (χ0n) is 18.4. The van der Waals surface area contributed by atoms with E-state index in [0.29, 0.717) is 34.7 Å². The highest BCUT2D eigenvalue weighted by molar-refractivity contribution is 6.10. The number of hydrogen-bond acceptors (Lipinski definition) is 5. The van der Waals surface area contributed by atoms with E-state index in [9.17, 15) is 9.59 Å². The second-order valence-electron chi connectivity index (χ2n) is 8.06. The molecule has 2 aromatic heterocycles. The van der Waals surface area contributed by atoms with Gasteiger partial charge < -0.3 is 9.15 Å². The van der Waals surface area contributed by atoms with E-state index in [1.807, 2.05) is 30.3 Å². The Labute approximate surface area is 191 Å². The molecule has 0 aliphatic carbocycles. The van der Waals surface area contributed by atoms with Gasteiger partial charge in [0, 0.05) is 6.20 Å². The second kappa shape index (κ2) is 8.90. The molecule has 0 bridgehead atoms. The van der Waals surface area contributed by atoms with Crippen molar-refractivity contribution < 1.29 is 13.9 Å². The summed E-state index contributed by atoms with van der Waals surface area (Å²) in [6.07, 6.45) is 4.82. The molecule has 1 atom stereocenters. The SMILES string of the molecule is CCCCCOc1cccc(C2c3c(oc4ccccc4c3=O)C(=O)N2c2ccccn2)c1. The van der Waals surface area contributed by atoms with E-state index in [0.717, 1.165) is 24.8 Å². The van der Waals surface area contributed by atoms with Crippen molar-refractivity contribution in [2.45, 2.75) is 32.2 Å². The van der Waals surface area contributed by atoms with E-state index >= 15 is 0 Å². The summed E-state index contributed by atoms with van der Waals surface area (Å²) in [6.45, 7) is 2.77. The summed E-state index contributed by atoms with van der Waals surface area (Å²) in [6, 6.07) is 19.3. The first-order valence-corrected chi connectivity index (χ1v) is 11.2. The van der Waals surface area contributed by atoms with Crippen LogP contribution in [0.2, 0.25) is 0 Å². The predicted octanol–water partition coefficient (Wildman–Crippen LogP) is 5.51. The summed E-state index contributed by atoms with van der Waals surface area (Å²) < 4.78 is 11.9. The van der Waals surface area contributed by atoms with Gasteiger partial charge in [0.25, 0.3) is 5.91 Å². The fourth-order valence-electron chi connectivity index (χ4n) is 4.28. The standard InChI is InChI=1S/C27H24N2O4/c1-2-3-8-16-32-19-11-9-10-18(17-19)24-23-25(30)20-12-4-5-13-21(20)33-26(23)27(31)29(24)22-14-6-7-15-28-22/h4-7,9-15,17,24H,2-3,8,16H2,1H3. The minimum absolute atomic E-state index is 0.0589. The molecular weight excluding hydrogens is 416 g/mol. The van der Waals surface area contributed by atoms with Gasteiger partial charge in [-0.1, -0.05) is 50.1 Å². The first-order chi connectivity index (χ1) is 16.2. The lowest BCUT2D eigenvalue weighted by atomic mass is 9.98. The van der Waals surface area contributed by atoms with E-state index in [2.05, 4.69) is 11.9 Å². The maximum absolute atomic E-state index is 13.6. The van der Waals surface area contributed by atoms with Crippen LogP contribution in [0.15, 0.2) is 82.1 Å². The van der Waals surface area contributed by atoms with Crippen molar-refractivity contribution >= 4 is 22.7 Å². The topological polar surface area (TPSA) is 72.6 Å². The monoisotopic (exact) mass is 440 g/mol. The lowest BCUT2D eigenvalue weighted by molar-refractivity contribution is 0.0970. The van der Waals surface area contributed by atoms with Gasteiger partial charge in [0.1, 0.15) is 17.2 Å². The van der Waals surface area contributed by atoms with Crippen molar-refractivity contribution in [2.75, 3.05) is 11.5 Å². The van der Waals surface area contributed by atoms with Crippen LogP contribution in [0.4, 0.5) is 5.82 Å². The van der Waals surface area contributed by atoms with Gasteiger partial charge in [0.15, 0.2) is 5.43 Å². The number of benzene rings is 2. The van der Waals surface area contributed by atoms with Crippen LogP contribution < -0.4 is 15.1 Å². The fourth-order valence-corrected chi connectivity index (χ4v) is 4.28. The largest absolute Gasteiger partial charge is 0.494 e. The third-order valence-corrected chi connectivity index (χ3v) is 5.86. The Morgan fingerprint density at radius 3 is 2.67 bits per heavy atom. The van der Waals surface area contributed by atoms with E-state index < -0.39 is 6.04 Å². The molecule has 2 aromatic carbocycles. The van der Waals surface area contributed by atoms with Crippen LogP contribution in [0.25, 0.3) is 11.0 Å². The van der Waals surface area contributed by atoms with Crippen molar-refractivity contribution in [2.24, 2.45) is 0 Å². The van der Waals surface area contributed by atoms with Gasteiger partial charge in [0.05, 0.1) is 23.6 Å².